The van der Waals surface area contributed by atoms with Gasteiger partial charge in [-0.2, -0.15) is 0 Å². The average Bonchev–Trinajstić information content (AvgIpc) is 3.51. The van der Waals surface area contributed by atoms with E-state index < -0.39 is 10.8 Å². The number of alkyl halides is 1. The molecule has 3 saturated carbocycles. The van der Waals surface area contributed by atoms with Gasteiger partial charge in [0.05, 0.1) is 45.1 Å². The molecule has 0 radical (unpaired) electrons. The lowest BCUT2D eigenvalue weighted by molar-refractivity contribution is -0.157. The van der Waals surface area contributed by atoms with Gasteiger partial charge in [-0.25, -0.2) is 0 Å². The predicted molar refractivity (Wildman–Crippen MR) is 127 cm³/mol. The van der Waals surface area contributed by atoms with Crippen molar-refractivity contribution in [1.29, 1.82) is 0 Å². The maximum atomic E-state index is 13.7. The minimum Gasteiger partial charge on any atom is -0.463 e. The second kappa shape index (κ2) is 13.4. The fourth-order valence-electron chi connectivity index (χ4n) is 6.09. The van der Waals surface area contributed by atoms with Crippen molar-refractivity contribution in [3.8, 4) is 0 Å². The van der Waals surface area contributed by atoms with Crippen molar-refractivity contribution >= 4 is 23.4 Å². The van der Waals surface area contributed by atoms with Gasteiger partial charge in [0.25, 0.3) is 0 Å². The lowest BCUT2D eigenvalue weighted by atomic mass is 9.71. The van der Waals surface area contributed by atoms with Crippen molar-refractivity contribution in [2.75, 3.05) is 52.1 Å². The normalized spacial score (nSPS) is 31.8. The molecule has 7 heteroatoms. The van der Waals surface area contributed by atoms with Crippen LogP contribution in [0.2, 0.25) is 0 Å². The SMILES string of the molecule is CC1CCCC(C(=O)C23CCCC[C@@]2(C(=O)OCCOCCOCCOCCCl)C3)CCC1. The van der Waals surface area contributed by atoms with Crippen LogP contribution >= 0.6 is 11.6 Å². The van der Waals surface area contributed by atoms with E-state index in [0.717, 1.165) is 57.3 Å². The highest BCUT2D eigenvalue weighted by Gasteiger charge is 2.76. The zero-order valence-electron chi connectivity index (χ0n) is 20.4. The molecular formula is C26H43ClO6. The Hall–Kier alpha value is -0.690. The first-order valence-corrected chi connectivity index (χ1v) is 13.6. The van der Waals surface area contributed by atoms with Crippen LogP contribution in [0, 0.1) is 22.7 Å². The van der Waals surface area contributed by atoms with Gasteiger partial charge in [-0.3, -0.25) is 9.59 Å². The molecule has 0 aromatic rings. The number of Topliss-reactive ketones (excluding diaryl/α,β-unsaturated/α-hetero) is 1. The summed E-state index contributed by atoms with van der Waals surface area (Å²) in [6, 6.07) is 0. The van der Waals surface area contributed by atoms with Gasteiger partial charge in [-0.1, -0.05) is 45.4 Å². The Bertz CT molecular complexity index is 618. The van der Waals surface area contributed by atoms with E-state index in [2.05, 4.69) is 6.92 Å². The molecule has 0 heterocycles. The largest absolute Gasteiger partial charge is 0.463 e. The lowest BCUT2D eigenvalue weighted by Crippen LogP contribution is -2.37. The molecule has 0 aromatic carbocycles. The van der Waals surface area contributed by atoms with Gasteiger partial charge >= 0.3 is 5.97 Å². The Kier molecular flexibility index (Phi) is 10.9. The Labute approximate surface area is 204 Å². The average molecular weight is 487 g/mol. The molecule has 3 fully saturated rings. The minimum absolute atomic E-state index is 0.133. The molecule has 0 spiro atoms. The smallest absolute Gasteiger partial charge is 0.313 e. The molecule has 1 unspecified atom stereocenters. The van der Waals surface area contributed by atoms with Crippen LogP contribution in [0.4, 0.5) is 0 Å². The van der Waals surface area contributed by atoms with E-state index in [1.165, 1.54) is 12.8 Å². The number of rotatable bonds is 14. The van der Waals surface area contributed by atoms with Crippen molar-refractivity contribution in [3.05, 3.63) is 0 Å². The lowest BCUT2D eigenvalue weighted by Gasteiger charge is -2.32. The summed E-state index contributed by atoms with van der Waals surface area (Å²) in [7, 11) is 0. The quantitative estimate of drug-likeness (QED) is 0.196. The number of fused-ring (bicyclic) bond motifs is 1. The highest BCUT2D eigenvalue weighted by atomic mass is 35.5. The first-order chi connectivity index (χ1) is 16.1. The van der Waals surface area contributed by atoms with Crippen LogP contribution in [0.3, 0.4) is 0 Å². The van der Waals surface area contributed by atoms with Crippen LogP contribution < -0.4 is 0 Å². The number of hydrogen-bond donors (Lipinski definition) is 0. The van der Waals surface area contributed by atoms with Crippen LogP contribution in [-0.4, -0.2) is 63.9 Å². The van der Waals surface area contributed by atoms with E-state index in [9.17, 15) is 9.59 Å². The third kappa shape index (κ3) is 6.93. The molecule has 0 aromatic heterocycles. The van der Waals surface area contributed by atoms with Gasteiger partial charge in [0.15, 0.2) is 0 Å². The number of carbonyl (C=O) groups is 2. The fourth-order valence-corrected chi connectivity index (χ4v) is 6.20. The second-order valence-electron chi connectivity index (χ2n) is 10.2. The summed E-state index contributed by atoms with van der Waals surface area (Å²) in [5, 5.41) is 0. The van der Waals surface area contributed by atoms with Gasteiger partial charge in [0.1, 0.15) is 12.4 Å². The molecule has 0 N–H and O–H groups in total. The van der Waals surface area contributed by atoms with Crippen LogP contribution in [0.15, 0.2) is 0 Å². The van der Waals surface area contributed by atoms with Gasteiger partial charge in [-0.15, -0.1) is 11.6 Å². The minimum atomic E-state index is -0.565. The molecule has 0 aliphatic heterocycles. The van der Waals surface area contributed by atoms with Crippen molar-refractivity contribution < 1.29 is 28.5 Å². The molecule has 0 amide bonds. The first-order valence-electron chi connectivity index (χ1n) is 13.1. The first kappa shape index (κ1) is 26.9. The highest BCUT2D eigenvalue weighted by molar-refractivity contribution is 6.17. The van der Waals surface area contributed by atoms with E-state index >= 15 is 0 Å². The van der Waals surface area contributed by atoms with Crippen molar-refractivity contribution in [3.63, 3.8) is 0 Å². The molecule has 0 bridgehead atoms. The molecule has 6 nitrogen and oxygen atoms in total. The highest BCUT2D eigenvalue weighted by Crippen LogP contribution is 2.73. The van der Waals surface area contributed by atoms with Crippen LogP contribution in [-0.2, 0) is 28.5 Å². The fraction of sp³-hybridized carbons (Fsp3) is 0.923. The Morgan fingerprint density at radius 2 is 1.30 bits per heavy atom. The number of ether oxygens (including phenoxy) is 4. The zero-order chi connectivity index (χ0) is 23.6. The molecule has 3 rings (SSSR count). The third-order valence-electron chi connectivity index (χ3n) is 8.01. The predicted octanol–water partition coefficient (Wildman–Crippen LogP) is 4.94. The summed E-state index contributed by atoms with van der Waals surface area (Å²) in [4.78, 5) is 26.8. The number of carbonyl (C=O) groups excluding carboxylic acids is 2. The van der Waals surface area contributed by atoms with Gasteiger partial charge < -0.3 is 18.9 Å². The van der Waals surface area contributed by atoms with Crippen molar-refractivity contribution in [1.82, 2.24) is 0 Å². The summed E-state index contributed by atoms with van der Waals surface area (Å²) < 4.78 is 21.8. The zero-order valence-corrected chi connectivity index (χ0v) is 21.2. The topological polar surface area (TPSA) is 71.1 Å². The van der Waals surface area contributed by atoms with Crippen LogP contribution in [0.5, 0.6) is 0 Å². The third-order valence-corrected chi connectivity index (χ3v) is 8.16. The molecular weight excluding hydrogens is 444 g/mol. The summed E-state index contributed by atoms with van der Waals surface area (Å²) >= 11 is 5.53. The standard InChI is InChI=1S/C26H43ClO6/c1-21-6-4-8-22(9-5-7-21)23(28)25-10-2-3-11-26(25,20-25)24(29)33-19-18-32-17-16-31-15-14-30-13-12-27/h21-22H,2-20H2,1H3/t21?,22?,25?,26-/m0/s1. The number of ketones is 1. The van der Waals surface area contributed by atoms with Crippen LogP contribution in [0.1, 0.15) is 77.6 Å². The van der Waals surface area contributed by atoms with E-state index in [-0.39, 0.29) is 18.5 Å². The van der Waals surface area contributed by atoms with Gasteiger partial charge in [-0.05, 0) is 38.0 Å². The number of esters is 1. The number of halogens is 1. The Balaban J connectivity index is 1.38. The summed E-state index contributed by atoms with van der Waals surface area (Å²) in [5.41, 5.74) is -1.01. The van der Waals surface area contributed by atoms with E-state index in [4.69, 9.17) is 30.5 Å². The van der Waals surface area contributed by atoms with Crippen molar-refractivity contribution in [2.45, 2.75) is 77.6 Å². The summed E-state index contributed by atoms with van der Waals surface area (Å²) in [6.07, 6.45) is 11.1. The van der Waals surface area contributed by atoms with Gasteiger partial charge in [0.2, 0.25) is 0 Å². The summed E-state index contributed by atoms with van der Waals surface area (Å²) in [5.74, 6) is 1.59. The maximum Gasteiger partial charge on any atom is 0.313 e. The monoisotopic (exact) mass is 486 g/mol. The molecule has 190 valence electrons. The van der Waals surface area contributed by atoms with Crippen molar-refractivity contribution in [2.24, 2.45) is 22.7 Å². The maximum absolute atomic E-state index is 13.7. The van der Waals surface area contributed by atoms with E-state index in [1.54, 1.807) is 0 Å². The van der Waals surface area contributed by atoms with E-state index in [1.807, 2.05) is 0 Å². The van der Waals surface area contributed by atoms with E-state index in [0.29, 0.717) is 57.7 Å². The molecule has 0 saturated heterocycles. The molecule has 33 heavy (non-hydrogen) atoms. The Morgan fingerprint density at radius 1 is 0.758 bits per heavy atom. The number of hydrogen-bond acceptors (Lipinski definition) is 6. The van der Waals surface area contributed by atoms with Gasteiger partial charge in [0, 0.05) is 17.2 Å². The molecule has 3 aliphatic carbocycles. The molecule has 2 atom stereocenters. The Morgan fingerprint density at radius 3 is 1.91 bits per heavy atom. The van der Waals surface area contributed by atoms with Crippen LogP contribution in [0.25, 0.3) is 0 Å². The summed E-state index contributed by atoms with van der Waals surface area (Å²) in [6.45, 7) is 5.36. The second-order valence-corrected chi connectivity index (χ2v) is 10.6. The molecule has 3 aliphatic rings.